The minimum atomic E-state index is -3.70. The molecule has 198 valence electrons. The summed E-state index contributed by atoms with van der Waals surface area (Å²) in [5.74, 6) is -0.591. The number of anilines is 1. The van der Waals surface area contributed by atoms with Gasteiger partial charge in [0.25, 0.3) is 0 Å². The van der Waals surface area contributed by atoms with Gasteiger partial charge in [-0.15, -0.1) is 0 Å². The van der Waals surface area contributed by atoms with Crippen molar-refractivity contribution in [3.05, 3.63) is 62.1 Å². The molecule has 0 fully saturated rings. The fourth-order valence-corrected chi connectivity index (χ4v) is 5.58. The van der Waals surface area contributed by atoms with Gasteiger partial charge in [-0.25, -0.2) is 8.42 Å². The lowest BCUT2D eigenvalue weighted by molar-refractivity contribution is -0.141. The second-order valence-electron chi connectivity index (χ2n) is 8.11. The third-order valence-corrected chi connectivity index (χ3v) is 7.74. The van der Waals surface area contributed by atoms with E-state index in [4.69, 9.17) is 46.4 Å². The Labute approximate surface area is 232 Å². The van der Waals surface area contributed by atoms with E-state index in [1.54, 1.807) is 31.2 Å². The summed E-state index contributed by atoms with van der Waals surface area (Å²) < 4.78 is 26.1. The Morgan fingerprint density at radius 3 is 2.19 bits per heavy atom. The van der Waals surface area contributed by atoms with Gasteiger partial charge in [-0.1, -0.05) is 59.4 Å². The van der Waals surface area contributed by atoms with E-state index < -0.39 is 16.1 Å². The van der Waals surface area contributed by atoms with Crippen LogP contribution in [0.25, 0.3) is 0 Å². The Bertz CT molecular complexity index is 1190. The second-order valence-corrected chi connectivity index (χ2v) is 11.7. The molecule has 1 N–H and O–H groups in total. The second kappa shape index (κ2) is 13.7. The van der Waals surface area contributed by atoms with Crippen LogP contribution >= 0.6 is 46.4 Å². The third kappa shape index (κ3) is 8.42. The number of amides is 2. The maximum Gasteiger partial charge on any atom is 0.242 e. The van der Waals surface area contributed by atoms with Crippen molar-refractivity contribution < 1.29 is 18.0 Å². The lowest BCUT2D eigenvalue weighted by Crippen LogP contribution is -2.49. The molecule has 0 aliphatic rings. The SMILES string of the molecule is CCNC(=O)C(CC)N(Cc1ccc(Cl)cc1Cl)C(=O)CCCN(c1cc(Cl)ccc1Cl)S(C)(=O)=O. The van der Waals surface area contributed by atoms with Crippen LogP contribution in [0.2, 0.25) is 20.1 Å². The average Bonchev–Trinajstić information content (AvgIpc) is 2.79. The molecule has 12 heteroatoms. The van der Waals surface area contributed by atoms with E-state index in [0.717, 1.165) is 10.6 Å². The van der Waals surface area contributed by atoms with Crippen molar-refractivity contribution in [1.82, 2.24) is 10.2 Å². The molecule has 7 nitrogen and oxygen atoms in total. The molecule has 1 unspecified atom stereocenters. The largest absolute Gasteiger partial charge is 0.355 e. The third-order valence-electron chi connectivity index (χ3n) is 5.42. The highest BCUT2D eigenvalue weighted by atomic mass is 35.5. The predicted molar refractivity (Wildman–Crippen MR) is 148 cm³/mol. The van der Waals surface area contributed by atoms with Crippen LogP contribution < -0.4 is 9.62 Å². The van der Waals surface area contributed by atoms with Crippen molar-refractivity contribution >= 4 is 73.9 Å². The molecule has 1 atom stereocenters. The van der Waals surface area contributed by atoms with Crippen molar-refractivity contribution in [3.8, 4) is 0 Å². The highest BCUT2D eigenvalue weighted by Crippen LogP contribution is 2.31. The van der Waals surface area contributed by atoms with E-state index in [1.165, 1.54) is 17.0 Å². The summed E-state index contributed by atoms with van der Waals surface area (Å²) in [6, 6.07) is 8.76. The van der Waals surface area contributed by atoms with E-state index in [1.807, 2.05) is 6.92 Å². The summed E-state index contributed by atoms with van der Waals surface area (Å²) >= 11 is 24.6. The quantitative estimate of drug-likeness (QED) is 0.336. The Balaban J connectivity index is 2.27. The number of benzene rings is 2. The minimum Gasteiger partial charge on any atom is -0.355 e. The van der Waals surface area contributed by atoms with Crippen molar-refractivity contribution in [2.24, 2.45) is 0 Å². The van der Waals surface area contributed by atoms with Crippen LogP contribution in [0.15, 0.2) is 36.4 Å². The van der Waals surface area contributed by atoms with E-state index in [0.29, 0.717) is 33.6 Å². The van der Waals surface area contributed by atoms with Crippen molar-refractivity contribution in [2.45, 2.75) is 45.7 Å². The lowest BCUT2D eigenvalue weighted by atomic mass is 10.1. The van der Waals surface area contributed by atoms with Crippen LogP contribution in [0.1, 0.15) is 38.7 Å². The number of rotatable bonds is 12. The van der Waals surface area contributed by atoms with Crippen LogP contribution in [0.3, 0.4) is 0 Å². The number of carbonyl (C=O) groups excluding carboxylic acids is 2. The summed E-state index contributed by atoms with van der Waals surface area (Å²) in [6.45, 7) is 4.13. The van der Waals surface area contributed by atoms with Crippen LogP contribution in [0, 0.1) is 0 Å². The van der Waals surface area contributed by atoms with Gasteiger partial charge in [0.05, 0.1) is 17.0 Å². The normalized spacial score (nSPS) is 12.2. The van der Waals surface area contributed by atoms with Gasteiger partial charge in [0.1, 0.15) is 6.04 Å². The molecule has 0 radical (unpaired) electrons. The first-order valence-corrected chi connectivity index (χ1v) is 14.7. The van der Waals surface area contributed by atoms with Gasteiger partial charge in [-0.3, -0.25) is 13.9 Å². The predicted octanol–water partition coefficient (Wildman–Crippen LogP) is 5.79. The topological polar surface area (TPSA) is 86.8 Å². The van der Waals surface area contributed by atoms with E-state index in [2.05, 4.69) is 5.32 Å². The Morgan fingerprint density at radius 1 is 0.972 bits per heavy atom. The molecule has 0 saturated carbocycles. The van der Waals surface area contributed by atoms with Gasteiger partial charge >= 0.3 is 0 Å². The molecule has 36 heavy (non-hydrogen) atoms. The van der Waals surface area contributed by atoms with Gasteiger partial charge in [0, 0.05) is 41.1 Å². The highest BCUT2D eigenvalue weighted by Gasteiger charge is 2.29. The summed E-state index contributed by atoms with van der Waals surface area (Å²) in [6.07, 6.45) is 1.62. The lowest BCUT2D eigenvalue weighted by Gasteiger charge is -2.31. The molecular weight excluding hydrogens is 568 g/mol. The highest BCUT2D eigenvalue weighted by molar-refractivity contribution is 7.92. The van der Waals surface area contributed by atoms with Crippen LogP contribution in [0.5, 0.6) is 0 Å². The number of hydrogen-bond acceptors (Lipinski definition) is 4. The van der Waals surface area contributed by atoms with Crippen molar-refractivity contribution in [2.75, 3.05) is 23.7 Å². The van der Waals surface area contributed by atoms with Crippen molar-refractivity contribution in [3.63, 3.8) is 0 Å². The Kier molecular flexibility index (Phi) is 11.6. The monoisotopic (exact) mass is 595 g/mol. The first-order valence-electron chi connectivity index (χ1n) is 11.3. The fourth-order valence-electron chi connectivity index (χ4n) is 3.70. The molecule has 0 aliphatic carbocycles. The maximum absolute atomic E-state index is 13.4. The Hall–Kier alpha value is -1.71. The van der Waals surface area contributed by atoms with Gasteiger partial charge in [0.15, 0.2) is 0 Å². The van der Waals surface area contributed by atoms with Gasteiger partial charge in [-0.2, -0.15) is 0 Å². The molecule has 2 aromatic carbocycles. The van der Waals surface area contributed by atoms with E-state index in [-0.39, 0.29) is 48.5 Å². The fraction of sp³-hybridized carbons (Fsp3) is 0.417. The average molecular weight is 597 g/mol. The number of likely N-dealkylation sites (N-methyl/N-ethyl adjacent to an activating group) is 1. The van der Waals surface area contributed by atoms with Gasteiger partial charge in [-0.05, 0) is 55.7 Å². The summed E-state index contributed by atoms with van der Waals surface area (Å²) in [5, 5.41) is 4.15. The van der Waals surface area contributed by atoms with Crippen LogP contribution in [-0.2, 0) is 26.2 Å². The first kappa shape index (κ1) is 30.5. The molecular formula is C24H29Cl4N3O4S. The van der Waals surface area contributed by atoms with E-state index >= 15 is 0 Å². The molecule has 2 rings (SSSR count). The Morgan fingerprint density at radius 2 is 1.61 bits per heavy atom. The summed E-state index contributed by atoms with van der Waals surface area (Å²) in [7, 11) is -3.70. The number of sulfonamides is 1. The number of nitrogens with zero attached hydrogens (tertiary/aromatic N) is 2. The maximum atomic E-state index is 13.4. The number of carbonyl (C=O) groups is 2. The number of halogens is 4. The van der Waals surface area contributed by atoms with Crippen LogP contribution in [0.4, 0.5) is 5.69 Å². The molecule has 0 spiro atoms. The number of nitrogens with one attached hydrogen (secondary N) is 1. The van der Waals surface area contributed by atoms with Gasteiger partial charge in [0.2, 0.25) is 21.8 Å². The molecule has 0 aliphatic heterocycles. The summed E-state index contributed by atoms with van der Waals surface area (Å²) in [5.41, 5.74) is 0.873. The summed E-state index contributed by atoms with van der Waals surface area (Å²) in [4.78, 5) is 27.6. The zero-order chi connectivity index (χ0) is 27.0. The molecule has 2 aromatic rings. The van der Waals surface area contributed by atoms with Crippen LogP contribution in [-0.4, -0.2) is 50.5 Å². The molecule has 0 aromatic heterocycles. The molecule has 2 amide bonds. The first-order chi connectivity index (χ1) is 16.9. The minimum absolute atomic E-state index is 0.00186. The van der Waals surface area contributed by atoms with Crippen molar-refractivity contribution in [1.29, 1.82) is 0 Å². The smallest absolute Gasteiger partial charge is 0.242 e. The van der Waals surface area contributed by atoms with Gasteiger partial charge < -0.3 is 10.2 Å². The van der Waals surface area contributed by atoms with E-state index in [9.17, 15) is 18.0 Å². The standard InChI is InChI=1S/C24H29Cl4N3O4S/c1-4-21(24(33)29-5-2)30(15-16-8-9-17(25)13-20(16)28)23(32)7-6-12-31(36(3,34)35)22-14-18(26)10-11-19(22)27/h8-11,13-14,21H,4-7,12,15H2,1-3H3,(H,29,33). The zero-order valence-corrected chi connectivity index (χ0v) is 24.1. The molecule has 0 heterocycles. The molecule has 0 bridgehead atoms. The number of hydrogen-bond donors (Lipinski definition) is 1. The zero-order valence-electron chi connectivity index (χ0n) is 20.2. The molecule has 0 saturated heterocycles.